The highest BCUT2D eigenvalue weighted by Crippen LogP contribution is 2.32. The molecular formula is C27H31N5O. The Bertz CT molecular complexity index is 1350. The zero-order chi connectivity index (χ0) is 23.3. The van der Waals surface area contributed by atoms with Crippen LogP contribution in [0.25, 0.3) is 16.8 Å². The van der Waals surface area contributed by atoms with Gasteiger partial charge >= 0.3 is 0 Å². The van der Waals surface area contributed by atoms with Crippen LogP contribution in [-0.2, 0) is 0 Å². The molecule has 0 radical (unpaired) electrons. The molecule has 1 amide bonds. The number of rotatable bonds is 3. The van der Waals surface area contributed by atoms with Gasteiger partial charge in [0.15, 0.2) is 0 Å². The number of carbonyl (C=O) groups is 1. The number of benzene rings is 1. The Labute approximate surface area is 194 Å². The van der Waals surface area contributed by atoms with Crippen molar-refractivity contribution in [3.05, 3.63) is 76.3 Å². The molecule has 1 fully saturated rings. The summed E-state index contributed by atoms with van der Waals surface area (Å²) in [5.41, 5.74) is 8.47. The lowest BCUT2D eigenvalue weighted by Gasteiger charge is -2.33. The number of imidazole rings is 2. The number of aromatic nitrogens is 4. The van der Waals surface area contributed by atoms with E-state index in [0.717, 1.165) is 76.7 Å². The van der Waals surface area contributed by atoms with Crippen LogP contribution in [0.1, 0.15) is 63.2 Å². The number of fused-ring (bicyclic) bond motifs is 1. The monoisotopic (exact) mass is 441 g/mol. The number of H-pyrrole nitrogens is 1. The third kappa shape index (κ3) is 3.84. The van der Waals surface area contributed by atoms with Crippen molar-refractivity contribution in [3.8, 4) is 11.3 Å². The van der Waals surface area contributed by atoms with Gasteiger partial charge in [-0.3, -0.25) is 4.79 Å². The molecule has 170 valence electrons. The van der Waals surface area contributed by atoms with Gasteiger partial charge in [-0.05, 0) is 88.3 Å². The first-order valence-electron chi connectivity index (χ1n) is 11.7. The number of nitrogens with zero attached hydrogens (tertiary/aromatic N) is 4. The van der Waals surface area contributed by atoms with Crippen molar-refractivity contribution >= 4 is 11.4 Å². The van der Waals surface area contributed by atoms with E-state index in [9.17, 15) is 4.79 Å². The Balaban J connectivity index is 1.35. The molecule has 0 bridgehead atoms. The summed E-state index contributed by atoms with van der Waals surface area (Å²) in [6.45, 7) is 11.7. The van der Waals surface area contributed by atoms with Crippen LogP contribution in [0.15, 0.2) is 36.7 Å². The van der Waals surface area contributed by atoms with E-state index >= 15 is 0 Å². The van der Waals surface area contributed by atoms with Gasteiger partial charge in [0, 0.05) is 30.4 Å². The highest BCUT2D eigenvalue weighted by Gasteiger charge is 2.26. The van der Waals surface area contributed by atoms with E-state index in [-0.39, 0.29) is 5.91 Å². The van der Waals surface area contributed by atoms with E-state index in [1.807, 2.05) is 38.8 Å². The van der Waals surface area contributed by atoms with Crippen LogP contribution in [0.3, 0.4) is 0 Å². The molecule has 1 saturated heterocycles. The maximum atomic E-state index is 13.5. The van der Waals surface area contributed by atoms with Crippen LogP contribution in [0.5, 0.6) is 0 Å². The van der Waals surface area contributed by atoms with Crippen LogP contribution in [0, 0.1) is 34.6 Å². The van der Waals surface area contributed by atoms with Crippen molar-refractivity contribution in [2.75, 3.05) is 13.1 Å². The summed E-state index contributed by atoms with van der Waals surface area (Å²) >= 11 is 0. The van der Waals surface area contributed by atoms with Crippen molar-refractivity contribution in [1.82, 2.24) is 24.3 Å². The third-order valence-electron chi connectivity index (χ3n) is 7.07. The van der Waals surface area contributed by atoms with Gasteiger partial charge in [-0.15, -0.1) is 0 Å². The summed E-state index contributed by atoms with van der Waals surface area (Å²) in [6, 6.07) is 8.62. The standard InChI is InChI=1S/C27H31N5O/c1-16-12-17(2)25(14-24(16)26-18(3)29-19(4)30-26)27(33)31-9-6-21(7-10-31)22-8-11-32-20(5)28-15-23(32)13-22/h8,11-15,21H,6-7,9-10H2,1-5H3,(H,29,30). The van der Waals surface area contributed by atoms with E-state index in [1.165, 1.54) is 5.56 Å². The molecule has 0 aliphatic carbocycles. The zero-order valence-corrected chi connectivity index (χ0v) is 20.1. The lowest BCUT2D eigenvalue weighted by molar-refractivity contribution is 0.0712. The first-order valence-corrected chi connectivity index (χ1v) is 11.7. The SMILES string of the molecule is Cc1nc(C)c(-c2cc(C(=O)N3CCC(c4ccn5c(C)ncc5c4)CC3)c(C)cc2C)[nH]1. The molecule has 5 rings (SSSR count). The number of aromatic amines is 1. The Kier molecular flexibility index (Phi) is 5.31. The van der Waals surface area contributed by atoms with Gasteiger partial charge in [0.2, 0.25) is 0 Å². The smallest absolute Gasteiger partial charge is 0.254 e. The normalized spacial score (nSPS) is 14.9. The molecule has 6 nitrogen and oxygen atoms in total. The molecule has 0 spiro atoms. The number of hydrogen-bond acceptors (Lipinski definition) is 3. The summed E-state index contributed by atoms with van der Waals surface area (Å²) in [7, 11) is 0. The molecule has 4 heterocycles. The Morgan fingerprint density at radius 2 is 1.79 bits per heavy atom. The molecule has 1 aromatic carbocycles. The fourth-order valence-electron chi connectivity index (χ4n) is 5.21. The number of carbonyl (C=O) groups excluding carboxylic acids is 1. The Hall–Kier alpha value is -3.41. The topological polar surface area (TPSA) is 66.3 Å². The number of aryl methyl sites for hydroxylation is 5. The second-order valence-corrected chi connectivity index (χ2v) is 9.39. The minimum Gasteiger partial charge on any atom is -0.342 e. The largest absolute Gasteiger partial charge is 0.342 e. The lowest BCUT2D eigenvalue weighted by Crippen LogP contribution is -2.38. The summed E-state index contributed by atoms with van der Waals surface area (Å²) in [4.78, 5) is 27.8. The minimum absolute atomic E-state index is 0.128. The summed E-state index contributed by atoms with van der Waals surface area (Å²) in [5, 5.41) is 0. The molecule has 0 saturated carbocycles. The molecule has 1 N–H and O–H groups in total. The molecule has 0 unspecified atom stereocenters. The minimum atomic E-state index is 0.128. The van der Waals surface area contributed by atoms with E-state index in [4.69, 9.17) is 0 Å². The van der Waals surface area contributed by atoms with Crippen molar-refractivity contribution in [2.45, 2.75) is 53.4 Å². The first-order chi connectivity index (χ1) is 15.8. The average Bonchev–Trinajstić information content (AvgIpc) is 3.34. The van der Waals surface area contributed by atoms with Crippen molar-refractivity contribution in [1.29, 1.82) is 0 Å². The highest BCUT2D eigenvalue weighted by molar-refractivity contribution is 5.97. The van der Waals surface area contributed by atoms with Crippen LogP contribution in [-0.4, -0.2) is 43.2 Å². The van der Waals surface area contributed by atoms with Gasteiger partial charge in [0.25, 0.3) is 5.91 Å². The summed E-state index contributed by atoms with van der Waals surface area (Å²) < 4.78 is 2.11. The average molecular weight is 442 g/mol. The van der Waals surface area contributed by atoms with Crippen LogP contribution in [0.2, 0.25) is 0 Å². The highest BCUT2D eigenvalue weighted by atomic mass is 16.2. The van der Waals surface area contributed by atoms with E-state index < -0.39 is 0 Å². The second kappa shape index (κ2) is 8.18. The number of nitrogens with one attached hydrogen (secondary N) is 1. The lowest BCUT2D eigenvalue weighted by atomic mass is 9.89. The maximum Gasteiger partial charge on any atom is 0.254 e. The first kappa shape index (κ1) is 21.4. The van der Waals surface area contributed by atoms with Gasteiger partial charge in [-0.2, -0.15) is 0 Å². The van der Waals surface area contributed by atoms with Gasteiger partial charge in [0.1, 0.15) is 11.6 Å². The number of hydrogen-bond donors (Lipinski definition) is 1. The molecule has 6 heteroatoms. The predicted octanol–water partition coefficient (Wildman–Crippen LogP) is 5.29. The summed E-state index contributed by atoms with van der Waals surface area (Å²) in [5.74, 6) is 2.49. The summed E-state index contributed by atoms with van der Waals surface area (Å²) in [6.07, 6.45) is 6.00. The van der Waals surface area contributed by atoms with Crippen molar-refractivity contribution in [2.24, 2.45) is 0 Å². The zero-order valence-electron chi connectivity index (χ0n) is 20.1. The molecule has 1 aliphatic heterocycles. The van der Waals surface area contributed by atoms with Gasteiger partial charge in [-0.1, -0.05) is 6.07 Å². The van der Waals surface area contributed by atoms with Gasteiger partial charge in [0.05, 0.1) is 23.1 Å². The second-order valence-electron chi connectivity index (χ2n) is 9.39. The van der Waals surface area contributed by atoms with E-state index in [0.29, 0.717) is 5.92 Å². The van der Waals surface area contributed by atoms with E-state index in [2.05, 4.69) is 56.7 Å². The number of pyridine rings is 1. The van der Waals surface area contributed by atoms with Crippen LogP contribution >= 0.6 is 0 Å². The number of piperidine rings is 1. The molecule has 0 atom stereocenters. The molecule has 33 heavy (non-hydrogen) atoms. The quantitative estimate of drug-likeness (QED) is 0.470. The van der Waals surface area contributed by atoms with Crippen LogP contribution < -0.4 is 0 Å². The maximum absolute atomic E-state index is 13.5. The molecular weight excluding hydrogens is 410 g/mol. The van der Waals surface area contributed by atoms with Gasteiger partial charge in [-0.25, -0.2) is 9.97 Å². The fourth-order valence-corrected chi connectivity index (χ4v) is 5.21. The van der Waals surface area contributed by atoms with E-state index in [1.54, 1.807) is 0 Å². The molecule has 1 aliphatic rings. The Morgan fingerprint density at radius 1 is 1.03 bits per heavy atom. The third-order valence-corrected chi connectivity index (χ3v) is 7.07. The fraction of sp³-hybridized carbons (Fsp3) is 0.370. The predicted molar refractivity (Wildman–Crippen MR) is 131 cm³/mol. The van der Waals surface area contributed by atoms with Crippen LogP contribution in [0.4, 0.5) is 0 Å². The molecule has 4 aromatic rings. The molecule has 3 aromatic heterocycles. The van der Waals surface area contributed by atoms with Gasteiger partial charge < -0.3 is 14.3 Å². The number of likely N-dealkylation sites (tertiary alicyclic amines) is 1. The van der Waals surface area contributed by atoms with Crippen molar-refractivity contribution in [3.63, 3.8) is 0 Å². The van der Waals surface area contributed by atoms with Crippen molar-refractivity contribution < 1.29 is 4.79 Å². The number of amides is 1. The Morgan fingerprint density at radius 3 is 2.48 bits per heavy atom.